The average molecular weight is 307 g/mol. The number of ether oxygens (including phenoxy) is 1. The number of benzene rings is 1. The molecular formula is C13H13F4NO3. The van der Waals surface area contributed by atoms with E-state index in [2.05, 4.69) is 4.74 Å². The van der Waals surface area contributed by atoms with Gasteiger partial charge in [-0.15, -0.1) is 0 Å². The number of aliphatic hydroxyl groups is 1. The molecule has 0 heterocycles. The Morgan fingerprint density at radius 2 is 1.86 bits per heavy atom. The molecule has 1 aliphatic rings. The number of rotatable bonds is 4. The summed E-state index contributed by atoms with van der Waals surface area (Å²) in [5.74, 6) is -8.82. The standard InChI is InChI=1S/C13H13F4NO3/c1-21-10-8(14)5-7(6-9(10)15)18-11(19)13(16,17)12(20)3-2-4-12/h5-6,20H,2-4H2,1H3,(H,18,19). The number of hydrogen-bond acceptors (Lipinski definition) is 3. The SMILES string of the molecule is COc1c(F)cc(NC(=O)C(F)(F)C2(O)CCC2)cc1F. The molecule has 0 radical (unpaired) electrons. The highest BCUT2D eigenvalue weighted by Gasteiger charge is 2.61. The minimum Gasteiger partial charge on any atom is -0.491 e. The van der Waals surface area contributed by atoms with Crippen LogP contribution in [0.15, 0.2) is 12.1 Å². The number of anilines is 1. The van der Waals surface area contributed by atoms with E-state index < -0.39 is 40.5 Å². The van der Waals surface area contributed by atoms with E-state index in [-0.39, 0.29) is 12.8 Å². The molecule has 2 rings (SSSR count). The average Bonchev–Trinajstić information content (AvgIpc) is 2.35. The molecule has 0 bridgehead atoms. The van der Waals surface area contributed by atoms with Gasteiger partial charge < -0.3 is 15.2 Å². The minimum absolute atomic E-state index is 0.210. The Kier molecular flexibility index (Phi) is 3.83. The first-order chi connectivity index (χ1) is 9.71. The molecule has 116 valence electrons. The van der Waals surface area contributed by atoms with Crippen molar-refractivity contribution < 1.29 is 32.2 Å². The van der Waals surface area contributed by atoms with Gasteiger partial charge in [0.2, 0.25) is 0 Å². The van der Waals surface area contributed by atoms with Crippen LogP contribution in [-0.2, 0) is 4.79 Å². The first kappa shape index (κ1) is 15.6. The molecule has 1 fully saturated rings. The van der Waals surface area contributed by atoms with Crippen LogP contribution < -0.4 is 10.1 Å². The van der Waals surface area contributed by atoms with Crippen LogP contribution in [0.4, 0.5) is 23.2 Å². The van der Waals surface area contributed by atoms with Gasteiger partial charge in [0.25, 0.3) is 5.91 Å². The highest BCUT2D eigenvalue weighted by molar-refractivity contribution is 5.97. The fourth-order valence-corrected chi connectivity index (χ4v) is 2.07. The number of amides is 1. The van der Waals surface area contributed by atoms with E-state index in [1.165, 1.54) is 0 Å². The van der Waals surface area contributed by atoms with Crippen molar-refractivity contribution in [2.45, 2.75) is 30.8 Å². The minimum atomic E-state index is -4.04. The normalized spacial score (nSPS) is 17.0. The molecule has 0 unspecified atom stereocenters. The van der Waals surface area contributed by atoms with Gasteiger partial charge in [-0.3, -0.25) is 4.79 Å². The van der Waals surface area contributed by atoms with E-state index in [4.69, 9.17) is 0 Å². The molecule has 0 spiro atoms. The highest BCUT2D eigenvalue weighted by atomic mass is 19.3. The smallest absolute Gasteiger partial charge is 0.352 e. The summed E-state index contributed by atoms with van der Waals surface area (Å²) in [6.07, 6.45) is -0.0390. The van der Waals surface area contributed by atoms with Crippen LogP contribution in [0.5, 0.6) is 5.75 Å². The van der Waals surface area contributed by atoms with E-state index in [1.807, 2.05) is 0 Å². The first-order valence-corrected chi connectivity index (χ1v) is 6.16. The van der Waals surface area contributed by atoms with Gasteiger partial charge in [0.1, 0.15) is 5.60 Å². The lowest BCUT2D eigenvalue weighted by atomic mass is 9.75. The molecule has 21 heavy (non-hydrogen) atoms. The van der Waals surface area contributed by atoms with Crippen LogP contribution in [0.1, 0.15) is 19.3 Å². The van der Waals surface area contributed by atoms with Gasteiger partial charge in [-0.1, -0.05) is 0 Å². The van der Waals surface area contributed by atoms with Gasteiger partial charge in [-0.05, 0) is 19.3 Å². The number of methoxy groups -OCH3 is 1. The Morgan fingerprint density at radius 1 is 1.33 bits per heavy atom. The third-order valence-corrected chi connectivity index (χ3v) is 3.51. The summed E-state index contributed by atoms with van der Waals surface area (Å²) in [6.45, 7) is 0. The molecule has 1 saturated carbocycles. The molecule has 2 N–H and O–H groups in total. The molecule has 0 aromatic heterocycles. The molecule has 4 nitrogen and oxygen atoms in total. The van der Waals surface area contributed by atoms with Crippen molar-refractivity contribution in [2.24, 2.45) is 0 Å². The zero-order valence-corrected chi connectivity index (χ0v) is 11.1. The van der Waals surface area contributed by atoms with Crippen LogP contribution in [0.25, 0.3) is 0 Å². The van der Waals surface area contributed by atoms with Crippen LogP contribution in [-0.4, -0.2) is 29.6 Å². The lowest BCUT2D eigenvalue weighted by Crippen LogP contribution is -2.59. The van der Waals surface area contributed by atoms with Gasteiger partial charge in [-0.2, -0.15) is 8.78 Å². The Labute approximate surface area is 117 Å². The molecule has 1 aliphatic carbocycles. The van der Waals surface area contributed by atoms with Crippen molar-refractivity contribution in [3.8, 4) is 5.75 Å². The number of carbonyl (C=O) groups excluding carboxylic acids is 1. The topological polar surface area (TPSA) is 58.6 Å². The number of hydrogen-bond donors (Lipinski definition) is 2. The van der Waals surface area contributed by atoms with E-state index in [0.29, 0.717) is 18.6 Å². The molecular weight excluding hydrogens is 294 g/mol. The molecule has 8 heteroatoms. The molecule has 1 amide bonds. The van der Waals surface area contributed by atoms with Crippen LogP contribution in [0.3, 0.4) is 0 Å². The third kappa shape index (κ3) is 2.55. The Bertz CT molecular complexity index is 550. The van der Waals surface area contributed by atoms with Crippen molar-refractivity contribution in [3.05, 3.63) is 23.8 Å². The van der Waals surface area contributed by atoms with Crippen LogP contribution in [0, 0.1) is 11.6 Å². The van der Waals surface area contributed by atoms with Crippen molar-refractivity contribution in [1.82, 2.24) is 0 Å². The summed E-state index contributed by atoms with van der Waals surface area (Å²) in [5, 5.41) is 11.3. The lowest BCUT2D eigenvalue weighted by Gasteiger charge is -2.41. The quantitative estimate of drug-likeness (QED) is 0.840. The van der Waals surface area contributed by atoms with Crippen molar-refractivity contribution in [2.75, 3.05) is 12.4 Å². The summed E-state index contributed by atoms with van der Waals surface area (Å²) in [4.78, 5) is 11.6. The monoisotopic (exact) mass is 307 g/mol. The first-order valence-electron chi connectivity index (χ1n) is 6.16. The summed E-state index contributed by atoms with van der Waals surface area (Å²) >= 11 is 0. The van der Waals surface area contributed by atoms with Crippen LogP contribution in [0.2, 0.25) is 0 Å². The maximum absolute atomic E-state index is 13.8. The fourth-order valence-electron chi connectivity index (χ4n) is 2.07. The second-order valence-electron chi connectivity index (χ2n) is 4.89. The van der Waals surface area contributed by atoms with Gasteiger partial charge >= 0.3 is 5.92 Å². The van der Waals surface area contributed by atoms with E-state index in [9.17, 15) is 27.5 Å². The van der Waals surface area contributed by atoms with Crippen molar-refractivity contribution in [1.29, 1.82) is 0 Å². The predicted octanol–water partition coefficient (Wildman–Crippen LogP) is 2.46. The van der Waals surface area contributed by atoms with Gasteiger partial charge in [-0.25, -0.2) is 8.78 Å². The second-order valence-corrected chi connectivity index (χ2v) is 4.89. The lowest BCUT2D eigenvalue weighted by molar-refractivity contribution is -0.212. The summed E-state index contributed by atoms with van der Waals surface area (Å²) < 4.78 is 58.9. The van der Waals surface area contributed by atoms with Gasteiger partial charge in [0.15, 0.2) is 17.4 Å². The van der Waals surface area contributed by atoms with Gasteiger partial charge in [0.05, 0.1) is 7.11 Å². The Balaban J connectivity index is 2.20. The Morgan fingerprint density at radius 3 is 2.24 bits per heavy atom. The summed E-state index contributed by atoms with van der Waals surface area (Å²) in [7, 11) is 1.04. The molecule has 0 saturated heterocycles. The van der Waals surface area contributed by atoms with Crippen molar-refractivity contribution >= 4 is 11.6 Å². The summed E-state index contributed by atoms with van der Waals surface area (Å²) in [6, 6.07) is 1.31. The number of nitrogens with one attached hydrogen (secondary N) is 1. The maximum atomic E-state index is 13.8. The number of carbonyl (C=O) groups is 1. The number of alkyl halides is 2. The second kappa shape index (κ2) is 5.18. The predicted molar refractivity (Wildman–Crippen MR) is 65.3 cm³/mol. The summed E-state index contributed by atoms with van der Waals surface area (Å²) in [5.41, 5.74) is -2.89. The largest absolute Gasteiger partial charge is 0.491 e. The molecule has 1 aromatic rings. The molecule has 0 atom stereocenters. The van der Waals surface area contributed by atoms with Crippen LogP contribution >= 0.6 is 0 Å². The van der Waals surface area contributed by atoms with Gasteiger partial charge in [0, 0.05) is 17.8 Å². The molecule has 1 aromatic carbocycles. The van der Waals surface area contributed by atoms with E-state index >= 15 is 0 Å². The van der Waals surface area contributed by atoms with E-state index in [1.54, 1.807) is 5.32 Å². The fraction of sp³-hybridized carbons (Fsp3) is 0.462. The number of halogens is 4. The van der Waals surface area contributed by atoms with Crippen molar-refractivity contribution in [3.63, 3.8) is 0 Å². The maximum Gasteiger partial charge on any atom is 0.352 e. The molecule has 0 aliphatic heterocycles. The Hall–Kier alpha value is -1.83. The third-order valence-electron chi connectivity index (χ3n) is 3.51. The zero-order valence-electron chi connectivity index (χ0n) is 11.1. The van der Waals surface area contributed by atoms with E-state index in [0.717, 1.165) is 7.11 Å². The highest BCUT2D eigenvalue weighted by Crippen LogP contribution is 2.44. The zero-order chi connectivity index (χ0) is 15.8.